The number of amides is 3. The summed E-state index contributed by atoms with van der Waals surface area (Å²) in [6.45, 7) is 0.328. The SMILES string of the molecule is COc1cc(NC(=O)NC[C@H]2CN(c3ccc(F)cc3)C(=O)O2)cc(OC)c1OC. The van der Waals surface area contributed by atoms with Crippen molar-refractivity contribution in [1.82, 2.24) is 5.32 Å². The molecule has 1 saturated heterocycles. The Morgan fingerprint density at radius 1 is 1.13 bits per heavy atom. The van der Waals surface area contributed by atoms with Crippen LogP contribution in [0.3, 0.4) is 0 Å². The molecule has 0 aliphatic carbocycles. The molecule has 0 radical (unpaired) electrons. The van der Waals surface area contributed by atoms with Gasteiger partial charge in [0.2, 0.25) is 5.75 Å². The van der Waals surface area contributed by atoms with Crippen molar-refractivity contribution in [2.24, 2.45) is 0 Å². The second-order valence-corrected chi connectivity index (χ2v) is 6.34. The predicted octanol–water partition coefficient (Wildman–Crippen LogP) is 3.00. The quantitative estimate of drug-likeness (QED) is 0.716. The number of urea groups is 1. The molecule has 0 spiro atoms. The molecule has 1 fully saturated rings. The lowest BCUT2D eigenvalue weighted by atomic mass is 10.2. The Labute approximate surface area is 172 Å². The third kappa shape index (κ3) is 4.65. The van der Waals surface area contributed by atoms with E-state index < -0.39 is 24.0 Å². The van der Waals surface area contributed by atoms with Crippen molar-refractivity contribution in [3.8, 4) is 17.2 Å². The van der Waals surface area contributed by atoms with Gasteiger partial charge in [0.05, 0.1) is 40.1 Å². The first-order chi connectivity index (χ1) is 14.4. The third-order valence-corrected chi connectivity index (χ3v) is 4.43. The molecule has 2 aromatic rings. The van der Waals surface area contributed by atoms with Gasteiger partial charge in [0.1, 0.15) is 11.9 Å². The summed E-state index contributed by atoms with van der Waals surface area (Å²) < 4.78 is 34.1. The number of nitrogens with zero attached hydrogens (tertiary/aromatic N) is 1. The Hall–Kier alpha value is -3.69. The second-order valence-electron chi connectivity index (χ2n) is 6.34. The summed E-state index contributed by atoms with van der Waals surface area (Å²) in [5.74, 6) is 0.802. The molecule has 9 nitrogen and oxygen atoms in total. The molecule has 3 amide bonds. The zero-order chi connectivity index (χ0) is 21.7. The highest BCUT2D eigenvalue weighted by Gasteiger charge is 2.32. The summed E-state index contributed by atoms with van der Waals surface area (Å²) in [7, 11) is 4.43. The number of nitrogens with one attached hydrogen (secondary N) is 2. The minimum absolute atomic E-state index is 0.0969. The topological polar surface area (TPSA) is 98.4 Å². The fraction of sp³-hybridized carbons (Fsp3) is 0.300. The lowest BCUT2D eigenvalue weighted by Gasteiger charge is -2.15. The fourth-order valence-electron chi connectivity index (χ4n) is 2.99. The summed E-state index contributed by atoms with van der Waals surface area (Å²) >= 11 is 0. The van der Waals surface area contributed by atoms with Gasteiger partial charge in [-0.3, -0.25) is 4.90 Å². The summed E-state index contributed by atoms with van der Waals surface area (Å²) in [6, 6.07) is 8.19. The van der Waals surface area contributed by atoms with E-state index in [1.54, 1.807) is 12.1 Å². The number of carbonyl (C=O) groups excluding carboxylic acids is 2. The predicted molar refractivity (Wildman–Crippen MR) is 107 cm³/mol. The first-order valence-electron chi connectivity index (χ1n) is 9.03. The van der Waals surface area contributed by atoms with E-state index in [4.69, 9.17) is 18.9 Å². The van der Waals surface area contributed by atoms with Crippen molar-refractivity contribution >= 4 is 23.5 Å². The molecule has 1 heterocycles. The van der Waals surface area contributed by atoms with Gasteiger partial charge >= 0.3 is 12.1 Å². The molecule has 2 N–H and O–H groups in total. The lowest BCUT2D eigenvalue weighted by molar-refractivity contribution is 0.141. The van der Waals surface area contributed by atoms with Gasteiger partial charge in [-0.15, -0.1) is 0 Å². The van der Waals surface area contributed by atoms with Gasteiger partial charge in [-0.2, -0.15) is 0 Å². The Bertz CT molecular complexity index is 896. The van der Waals surface area contributed by atoms with E-state index in [0.29, 0.717) is 28.6 Å². The first kappa shape index (κ1) is 21.0. The van der Waals surface area contributed by atoms with Gasteiger partial charge in [-0.1, -0.05) is 0 Å². The van der Waals surface area contributed by atoms with Crippen LogP contribution in [0.4, 0.5) is 25.4 Å². The van der Waals surface area contributed by atoms with E-state index in [9.17, 15) is 14.0 Å². The largest absolute Gasteiger partial charge is 0.493 e. The van der Waals surface area contributed by atoms with E-state index in [0.717, 1.165) is 0 Å². The summed E-state index contributed by atoms with van der Waals surface area (Å²) in [6.07, 6.45) is -1.10. The van der Waals surface area contributed by atoms with Crippen LogP contribution < -0.4 is 29.7 Å². The van der Waals surface area contributed by atoms with Gasteiger partial charge in [0.15, 0.2) is 11.5 Å². The number of halogens is 1. The molecule has 0 unspecified atom stereocenters. The average molecular weight is 419 g/mol. The van der Waals surface area contributed by atoms with Crippen LogP contribution in [-0.4, -0.2) is 52.6 Å². The van der Waals surface area contributed by atoms with E-state index in [1.165, 1.54) is 50.5 Å². The van der Waals surface area contributed by atoms with Crippen molar-refractivity contribution in [3.63, 3.8) is 0 Å². The van der Waals surface area contributed by atoms with Gasteiger partial charge < -0.3 is 29.6 Å². The number of rotatable bonds is 7. The van der Waals surface area contributed by atoms with Crippen LogP contribution in [0.2, 0.25) is 0 Å². The molecule has 0 bridgehead atoms. The van der Waals surface area contributed by atoms with Crippen molar-refractivity contribution in [3.05, 3.63) is 42.2 Å². The Morgan fingerprint density at radius 3 is 2.33 bits per heavy atom. The van der Waals surface area contributed by atoms with E-state index in [-0.39, 0.29) is 13.1 Å². The Kier molecular flexibility index (Phi) is 6.45. The van der Waals surface area contributed by atoms with Gasteiger partial charge in [0.25, 0.3) is 0 Å². The number of anilines is 2. The van der Waals surface area contributed by atoms with Crippen LogP contribution >= 0.6 is 0 Å². The highest BCUT2D eigenvalue weighted by Crippen LogP contribution is 2.39. The average Bonchev–Trinajstić information content (AvgIpc) is 3.12. The number of benzene rings is 2. The van der Waals surface area contributed by atoms with Crippen LogP contribution in [0.5, 0.6) is 17.2 Å². The zero-order valence-corrected chi connectivity index (χ0v) is 16.7. The molecule has 0 aromatic heterocycles. The number of cyclic esters (lactones) is 1. The standard InChI is InChI=1S/C20H22FN3O6/c1-27-16-8-13(9-17(28-2)18(16)29-3)23-19(25)22-10-15-11-24(20(26)30-15)14-6-4-12(21)5-7-14/h4-9,15H,10-11H2,1-3H3,(H2,22,23,25)/t15-/m0/s1. The molecule has 1 aliphatic rings. The maximum atomic E-state index is 13.1. The number of methoxy groups -OCH3 is 3. The monoisotopic (exact) mass is 419 g/mol. The molecule has 2 aromatic carbocycles. The lowest BCUT2D eigenvalue weighted by Crippen LogP contribution is -2.37. The number of hydrogen-bond acceptors (Lipinski definition) is 6. The van der Waals surface area contributed by atoms with Crippen LogP contribution in [0, 0.1) is 5.82 Å². The molecule has 160 valence electrons. The summed E-state index contributed by atoms with van der Waals surface area (Å²) in [4.78, 5) is 25.7. The van der Waals surface area contributed by atoms with E-state index in [1.807, 2.05) is 0 Å². The minimum atomic E-state index is -0.557. The first-order valence-corrected chi connectivity index (χ1v) is 9.03. The van der Waals surface area contributed by atoms with Crippen molar-refractivity contribution in [2.45, 2.75) is 6.10 Å². The van der Waals surface area contributed by atoms with Crippen molar-refractivity contribution < 1.29 is 32.9 Å². The normalized spacial score (nSPS) is 15.4. The van der Waals surface area contributed by atoms with E-state index in [2.05, 4.69) is 10.6 Å². The van der Waals surface area contributed by atoms with Gasteiger partial charge in [0, 0.05) is 17.8 Å². The maximum absolute atomic E-state index is 13.1. The number of carbonyl (C=O) groups is 2. The molecule has 1 aliphatic heterocycles. The molecular formula is C20H22FN3O6. The van der Waals surface area contributed by atoms with Gasteiger partial charge in [-0.05, 0) is 24.3 Å². The molecular weight excluding hydrogens is 397 g/mol. The molecule has 0 saturated carbocycles. The summed E-state index contributed by atoms with van der Waals surface area (Å²) in [5.41, 5.74) is 0.948. The fourth-order valence-corrected chi connectivity index (χ4v) is 2.99. The maximum Gasteiger partial charge on any atom is 0.414 e. The van der Waals surface area contributed by atoms with Crippen LogP contribution in [0.1, 0.15) is 0 Å². The Morgan fingerprint density at radius 2 is 1.77 bits per heavy atom. The third-order valence-electron chi connectivity index (χ3n) is 4.43. The van der Waals surface area contributed by atoms with E-state index >= 15 is 0 Å². The zero-order valence-electron chi connectivity index (χ0n) is 16.7. The Balaban J connectivity index is 1.57. The van der Waals surface area contributed by atoms with Crippen LogP contribution in [0.25, 0.3) is 0 Å². The minimum Gasteiger partial charge on any atom is -0.493 e. The number of ether oxygens (including phenoxy) is 4. The van der Waals surface area contributed by atoms with Crippen LogP contribution in [0.15, 0.2) is 36.4 Å². The molecule has 3 rings (SSSR count). The molecule has 1 atom stereocenters. The molecule has 10 heteroatoms. The second kappa shape index (κ2) is 9.21. The summed E-state index contributed by atoms with van der Waals surface area (Å²) in [5, 5.41) is 5.32. The number of hydrogen-bond donors (Lipinski definition) is 2. The van der Waals surface area contributed by atoms with Crippen molar-refractivity contribution in [2.75, 3.05) is 44.6 Å². The van der Waals surface area contributed by atoms with Gasteiger partial charge in [-0.25, -0.2) is 14.0 Å². The smallest absolute Gasteiger partial charge is 0.414 e. The highest BCUT2D eigenvalue weighted by molar-refractivity contribution is 5.91. The molecule has 30 heavy (non-hydrogen) atoms. The van der Waals surface area contributed by atoms with Crippen LogP contribution in [-0.2, 0) is 4.74 Å². The highest BCUT2D eigenvalue weighted by atomic mass is 19.1. The van der Waals surface area contributed by atoms with Crippen molar-refractivity contribution in [1.29, 1.82) is 0 Å².